The van der Waals surface area contributed by atoms with Gasteiger partial charge in [0, 0.05) is 18.8 Å². The molecule has 2 atom stereocenters. The van der Waals surface area contributed by atoms with Crippen LogP contribution in [-0.2, 0) is 0 Å². The van der Waals surface area contributed by atoms with E-state index in [-0.39, 0.29) is 0 Å². The lowest BCUT2D eigenvalue weighted by atomic mass is 9.91. The first-order valence-electron chi connectivity index (χ1n) is 7.63. The normalized spacial score (nSPS) is 22.8. The largest absolute Gasteiger partial charge is 0.371 e. The highest BCUT2D eigenvalue weighted by atomic mass is 15.1. The fraction of sp³-hybridized carbons (Fsp3) is 0.368. The Morgan fingerprint density at radius 1 is 0.800 bits per heavy atom. The van der Waals surface area contributed by atoms with Crippen LogP contribution in [0.1, 0.15) is 20.3 Å². The van der Waals surface area contributed by atoms with E-state index in [1.165, 1.54) is 36.3 Å². The minimum absolute atomic E-state index is 0.791. The van der Waals surface area contributed by atoms with Crippen LogP contribution in [0.15, 0.2) is 54.6 Å². The van der Waals surface area contributed by atoms with Crippen LogP contribution in [0.3, 0.4) is 0 Å². The molecule has 20 heavy (non-hydrogen) atoms. The summed E-state index contributed by atoms with van der Waals surface area (Å²) in [5.41, 5.74) is 3.98. The van der Waals surface area contributed by atoms with Crippen molar-refractivity contribution in [3.63, 3.8) is 0 Å². The molecule has 1 fully saturated rings. The minimum Gasteiger partial charge on any atom is -0.371 e. The van der Waals surface area contributed by atoms with Gasteiger partial charge in [0.1, 0.15) is 0 Å². The second-order valence-corrected chi connectivity index (χ2v) is 6.27. The molecule has 0 spiro atoms. The molecule has 0 bridgehead atoms. The highest BCUT2D eigenvalue weighted by Gasteiger charge is 2.21. The first-order valence-corrected chi connectivity index (χ1v) is 7.63. The summed E-state index contributed by atoms with van der Waals surface area (Å²) >= 11 is 0. The smallest absolute Gasteiger partial charge is 0.0372 e. The van der Waals surface area contributed by atoms with Gasteiger partial charge in [0.2, 0.25) is 0 Å². The lowest BCUT2D eigenvalue weighted by molar-refractivity contribution is 0.357. The van der Waals surface area contributed by atoms with Crippen LogP contribution in [0, 0.1) is 11.8 Å². The molecule has 104 valence electrons. The highest BCUT2D eigenvalue weighted by Crippen LogP contribution is 2.29. The van der Waals surface area contributed by atoms with Gasteiger partial charge in [0.05, 0.1) is 0 Å². The molecule has 0 aromatic heterocycles. The van der Waals surface area contributed by atoms with Gasteiger partial charge in [-0.05, 0) is 41.5 Å². The zero-order valence-corrected chi connectivity index (χ0v) is 12.4. The van der Waals surface area contributed by atoms with Crippen molar-refractivity contribution >= 4 is 5.69 Å². The molecular weight excluding hydrogens is 242 g/mol. The molecule has 0 saturated carbocycles. The summed E-state index contributed by atoms with van der Waals surface area (Å²) in [5, 5.41) is 0. The molecular formula is C19H23N. The van der Waals surface area contributed by atoms with E-state index in [1.807, 2.05) is 0 Å². The average molecular weight is 265 g/mol. The van der Waals surface area contributed by atoms with Gasteiger partial charge in [0.25, 0.3) is 0 Å². The Morgan fingerprint density at radius 2 is 1.45 bits per heavy atom. The number of hydrogen-bond acceptors (Lipinski definition) is 1. The molecule has 0 radical (unpaired) electrons. The molecule has 1 saturated heterocycles. The topological polar surface area (TPSA) is 3.24 Å². The van der Waals surface area contributed by atoms with Crippen LogP contribution in [0.2, 0.25) is 0 Å². The molecule has 2 aromatic rings. The number of nitrogens with zero attached hydrogens (tertiary/aromatic N) is 1. The zero-order chi connectivity index (χ0) is 13.9. The molecule has 2 unspecified atom stereocenters. The number of anilines is 1. The van der Waals surface area contributed by atoms with E-state index >= 15 is 0 Å². The predicted molar refractivity (Wildman–Crippen MR) is 87.0 cm³/mol. The molecule has 2 aromatic carbocycles. The zero-order valence-electron chi connectivity index (χ0n) is 12.4. The van der Waals surface area contributed by atoms with E-state index in [0.717, 1.165) is 11.8 Å². The van der Waals surface area contributed by atoms with Crippen molar-refractivity contribution in [2.75, 3.05) is 18.0 Å². The summed E-state index contributed by atoms with van der Waals surface area (Å²) in [6, 6.07) is 19.6. The van der Waals surface area contributed by atoms with E-state index < -0.39 is 0 Å². The average Bonchev–Trinajstić information content (AvgIpc) is 2.47. The van der Waals surface area contributed by atoms with E-state index in [0.29, 0.717) is 0 Å². The molecule has 1 nitrogen and oxygen atoms in total. The first kappa shape index (κ1) is 13.2. The quantitative estimate of drug-likeness (QED) is 0.751. The summed E-state index contributed by atoms with van der Waals surface area (Å²) < 4.78 is 0. The van der Waals surface area contributed by atoms with Crippen molar-refractivity contribution < 1.29 is 0 Å². The Hall–Kier alpha value is -1.76. The molecule has 1 aliphatic rings. The summed E-state index contributed by atoms with van der Waals surface area (Å²) in [7, 11) is 0. The molecule has 0 aliphatic carbocycles. The summed E-state index contributed by atoms with van der Waals surface area (Å²) in [4.78, 5) is 2.55. The maximum absolute atomic E-state index is 2.55. The van der Waals surface area contributed by atoms with Gasteiger partial charge in [-0.1, -0.05) is 56.3 Å². The SMILES string of the molecule is CC1CC(C)CN(c2cccc(-c3ccccc3)c2)C1. The predicted octanol–water partition coefficient (Wildman–Crippen LogP) is 4.84. The van der Waals surface area contributed by atoms with Crippen LogP contribution in [0.5, 0.6) is 0 Å². The number of rotatable bonds is 2. The van der Waals surface area contributed by atoms with Gasteiger partial charge in [-0.2, -0.15) is 0 Å². The van der Waals surface area contributed by atoms with Gasteiger partial charge in [-0.25, -0.2) is 0 Å². The van der Waals surface area contributed by atoms with E-state index in [1.54, 1.807) is 0 Å². The van der Waals surface area contributed by atoms with Gasteiger partial charge >= 0.3 is 0 Å². The van der Waals surface area contributed by atoms with Crippen molar-refractivity contribution in [3.8, 4) is 11.1 Å². The Balaban J connectivity index is 1.88. The molecule has 1 heterocycles. The van der Waals surface area contributed by atoms with E-state index in [9.17, 15) is 0 Å². The Bertz CT molecular complexity index is 551. The van der Waals surface area contributed by atoms with Gasteiger partial charge in [-0.15, -0.1) is 0 Å². The summed E-state index contributed by atoms with van der Waals surface area (Å²) in [6.45, 7) is 7.10. The van der Waals surface area contributed by atoms with Gasteiger partial charge in [0.15, 0.2) is 0 Å². The number of hydrogen-bond donors (Lipinski definition) is 0. The van der Waals surface area contributed by atoms with Crippen molar-refractivity contribution in [2.45, 2.75) is 20.3 Å². The van der Waals surface area contributed by atoms with E-state index in [4.69, 9.17) is 0 Å². The third-order valence-electron chi connectivity index (χ3n) is 4.19. The maximum Gasteiger partial charge on any atom is 0.0372 e. The van der Waals surface area contributed by atoms with Crippen molar-refractivity contribution in [3.05, 3.63) is 54.6 Å². The lowest BCUT2D eigenvalue weighted by Crippen LogP contribution is -2.38. The van der Waals surface area contributed by atoms with Crippen LogP contribution in [-0.4, -0.2) is 13.1 Å². The second kappa shape index (κ2) is 5.70. The minimum atomic E-state index is 0.791. The maximum atomic E-state index is 2.55. The van der Waals surface area contributed by atoms with Crippen molar-refractivity contribution in [2.24, 2.45) is 11.8 Å². The lowest BCUT2D eigenvalue weighted by Gasteiger charge is -2.36. The highest BCUT2D eigenvalue weighted by molar-refractivity contribution is 5.68. The molecule has 0 N–H and O–H groups in total. The van der Waals surface area contributed by atoms with Gasteiger partial charge < -0.3 is 4.90 Å². The Kier molecular flexibility index (Phi) is 3.77. The van der Waals surface area contributed by atoms with Crippen LogP contribution in [0.4, 0.5) is 5.69 Å². The van der Waals surface area contributed by atoms with Crippen molar-refractivity contribution in [1.29, 1.82) is 0 Å². The van der Waals surface area contributed by atoms with Crippen LogP contribution >= 0.6 is 0 Å². The Labute approximate surface area is 122 Å². The van der Waals surface area contributed by atoms with Crippen LogP contribution in [0.25, 0.3) is 11.1 Å². The van der Waals surface area contributed by atoms with Crippen LogP contribution < -0.4 is 4.90 Å². The summed E-state index contributed by atoms with van der Waals surface area (Å²) in [5.74, 6) is 1.58. The van der Waals surface area contributed by atoms with Gasteiger partial charge in [-0.3, -0.25) is 0 Å². The standard InChI is InChI=1S/C19H23N/c1-15-11-16(2)14-20(13-15)19-10-6-9-18(12-19)17-7-4-3-5-8-17/h3-10,12,15-16H,11,13-14H2,1-2H3. The number of benzene rings is 2. The molecule has 3 rings (SSSR count). The fourth-order valence-corrected chi connectivity index (χ4v) is 3.39. The number of piperidine rings is 1. The third-order valence-corrected chi connectivity index (χ3v) is 4.19. The second-order valence-electron chi connectivity index (χ2n) is 6.27. The van der Waals surface area contributed by atoms with E-state index in [2.05, 4.69) is 73.3 Å². The monoisotopic (exact) mass is 265 g/mol. The van der Waals surface area contributed by atoms with Crippen molar-refractivity contribution in [1.82, 2.24) is 0 Å². The molecule has 1 aliphatic heterocycles. The molecule has 1 heteroatoms. The summed E-state index contributed by atoms with van der Waals surface area (Å²) in [6.07, 6.45) is 1.36. The third kappa shape index (κ3) is 2.87. The molecule has 0 amide bonds. The fourth-order valence-electron chi connectivity index (χ4n) is 3.39. The first-order chi connectivity index (χ1) is 9.72. The Morgan fingerprint density at radius 3 is 2.15 bits per heavy atom.